The molecule has 1 heterocycles. The molecular formula is C13H15N3. The quantitative estimate of drug-likeness (QED) is 0.846. The molecule has 0 saturated heterocycles. The first-order chi connectivity index (χ1) is 7.90. The topological polar surface area (TPSA) is 37.8 Å². The molecule has 0 atom stereocenters. The van der Waals surface area contributed by atoms with Gasteiger partial charge in [-0.2, -0.15) is 0 Å². The molecule has 0 amide bonds. The van der Waals surface area contributed by atoms with Crippen LogP contribution in [0.5, 0.6) is 0 Å². The average molecular weight is 213 g/mol. The highest BCUT2D eigenvalue weighted by atomic mass is 15.0. The number of benzene rings is 1. The summed E-state index contributed by atoms with van der Waals surface area (Å²) in [4.78, 5) is 8.58. The number of aryl methyl sites for hydroxylation is 2. The predicted octanol–water partition coefficient (Wildman–Crippen LogP) is 2.30. The maximum absolute atomic E-state index is 4.34. The number of hydrogen-bond donors (Lipinski definition) is 1. The molecule has 3 nitrogen and oxygen atoms in total. The number of nitrogens with zero attached hydrogens (tertiary/aromatic N) is 2. The second kappa shape index (κ2) is 5.26. The third kappa shape index (κ3) is 2.57. The lowest BCUT2D eigenvalue weighted by Gasteiger charge is -2.06. The lowest BCUT2D eigenvalue weighted by Crippen LogP contribution is -2.02. The molecule has 0 unspecified atom stereocenters. The summed E-state index contributed by atoms with van der Waals surface area (Å²) >= 11 is 0. The summed E-state index contributed by atoms with van der Waals surface area (Å²) in [5.41, 5.74) is 2.35. The Hall–Kier alpha value is -1.90. The second-order valence-electron chi connectivity index (χ2n) is 3.59. The fourth-order valence-electron chi connectivity index (χ4n) is 1.67. The number of nitrogens with one attached hydrogen (secondary N) is 1. The second-order valence-corrected chi connectivity index (χ2v) is 3.59. The van der Waals surface area contributed by atoms with Gasteiger partial charge >= 0.3 is 0 Å². The number of anilines is 1. The molecule has 0 aliphatic carbocycles. The van der Waals surface area contributed by atoms with E-state index in [1.165, 1.54) is 5.56 Å². The largest absolute Gasteiger partial charge is 0.372 e. The van der Waals surface area contributed by atoms with Gasteiger partial charge in [0.1, 0.15) is 5.82 Å². The monoisotopic (exact) mass is 213 g/mol. The van der Waals surface area contributed by atoms with E-state index in [4.69, 9.17) is 0 Å². The van der Waals surface area contributed by atoms with Crippen molar-refractivity contribution in [3.63, 3.8) is 0 Å². The van der Waals surface area contributed by atoms with Crippen LogP contribution >= 0.6 is 0 Å². The Morgan fingerprint density at radius 1 is 1.00 bits per heavy atom. The predicted molar refractivity (Wildman–Crippen MR) is 65.4 cm³/mol. The first-order valence-electron chi connectivity index (χ1n) is 5.41. The van der Waals surface area contributed by atoms with E-state index in [9.17, 15) is 0 Å². The van der Waals surface area contributed by atoms with E-state index >= 15 is 0 Å². The molecular weight excluding hydrogens is 198 g/mol. The summed E-state index contributed by atoms with van der Waals surface area (Å²) in [7, 11) is 1.87. The fourth-order valence-corrected chi connectivity index (χ4v) is 1.67. The first-order valence-corrected chi connectivity index (χ1v) is 5.41. The molecule has 0 fully saturated rings. The van der Waals surface area contributed by atoms with E-state index in [2.05, 4.69) is 39.6 Å². The van der Waals surface area contributed by atoms with Crippen LogP contribution in [0.15, 0.2) is 42.7 Å². The molecule has 0 bridgehead atoms. The Kier molecular flexibility index (Phi) is 3.49. The van der Waals surface area contributed by atoms with Gasteiger partial charge in [-0.15, -0.1) is 0 Å². The summed E-state index contributed by atoms with van der Waals surface area (Å²) < 4.78 is 0. The maximum Gasteiger partial charge on any atom is 0.147 e. The van der Waals surface area contributed by atoms with Crippen LogP contribution < -0.4 is 5.32 Å². The molecule has 0 spiro atoms. The Morgan fingerprint density at radius 3 is 2.50 bits per heavy atom. The van der Waals surface area contributed by atoms with Gasteiger partial charge in [0, 0.05) is 19.4 Å². The molecule has 16 heavy (non-hydrogen) atoms. The van der Waals surface area contributed by atoms with Gasteiger partial charge in [-0.1, -0.05) is 30.3 Å². The van der Waals surface area contributed by atoms with Crippen molar-refractivity contribution in [1.29, 1.82) is 0 Å². The van der Waals surface area contributed by atoms with Gasteiger partial charge < -0.3 is 5.32 Å². The van der Waals surface area contributed by atoms with Crippen molar-refractivity contribution in [2.75, 3.05) is 12.4 Å². The van der Waals surface area contributed by atoms with E-state index in [0.29, 0.717) is 0 Å². The van der Waals surface area contributed by atoms with Gasteiger partial charge in [0.05, 0.1) is 5.69 Å². The summed E-state index contributed by atoms with van der Waals surface area (Å²) in [6, 6.07) is 10.4. The van der Waals surface area contributed by atoms with E-state index < -0.39 is 0 Å². The zero-order chi connectivity index (χ0) is 11.2. The zero-order valence-electron chi connectivity index (χ0n) is 9.35. The Morgan fingerprint density at radius 2 is 1.75 bits per heavy atom. The van der Waals surface area contributed by atoms with Crippen LogP contribution in [0.1, 0.15) is 11.3 Å². The molecule has 82 valence electrons. The SMILES string of the molecule is CNc1nccnc1CCc1ccccc1. The molecule has 2 aromatic rings. The van der Waals surface area contributed by atoms with Crippen molar-refractivity contribution in [3.8, 4) is 0 Å². The van der Waals surface area contributed by atoms with Gasteiger partial charge in [-0.25, -0.2) is 4.98 Å². The minimum absolute atomic E-state index is 0.874. The van der Waals surface area contributed by atoms with E-state index in [1.54, 1.807) is 12.4 Å². The van der Waals surface area contributed by atoms with Crippen molar-refractivity contribution in [2.45, 2.75) is 12.8 Å². The van der Waals surface area contributed by atoms with Gasteiger partial charge in [0.25, 0.3) is 0 Å². The molecule has 2 rings (SSSR count). The Balaban J connectivity index is 2.05. The summed E-state index contributed by atoms with van der Waals surface area (Å²) in [5.74, 6) is 0.874. The van der Waals surface area contributed by atoms with Crippen molar-refractivity contribution in [1.82, 2.24) is 9.97 Å². The van der Waals surface area contributed by atoms with Gasteiger partial charge in [0.15, 0.2) is 0 Å². The number of hydrogen-bond acceptors (Lipinski definition) is 3. The van der Waals surface area contributed by atoms with Crippen LogP contribution in [0.4, 0.5) is 5.82 Å². The van der Waals surface area contributed by atoms with Crippen molar-refractivity contribution < 1.29 is 0 Å². The van der Waals surface area contributed by atoms with Gasteiger partial charge in [0.2, 0.25) is 0 Å². The molecule has 1 aromatic carbocycles. The molecule has 0 aliphatic rings. The maximum atomic E-state index is 4.34. The van der Waals surface area contributed by atoms with Gasteiger partial charge in [-0.05, 0) is 18.4 Å². The Labute approximate surface area is 95.6 Å². The molecule has 0 radical (unpaired) electrons. The highest BCUT2D eigenvalue weighted by molar-refractivity contribution is 5.38. The number of aromatic nitrogens is 2. The summed E-state index contributed by atoms with van der Waals surface area (Å²) in [5, 5.41) is 3.06. The van der Waals surface area contributed by atoms with Crippen molar-refractivity contribution in [3.05, 3.63) is 54.0 Å². The third-order valence-electron chi connectivity index (χ3n) is 2.50. The minimum Gasteiger partial charge on any atom is -0.372 e. The number of rotatable bonds is 4. The Bertz CT molecular complexity index is 440. The van der Waals surface area contributed by atoms with Crippen molar-refractivity contribution in [2.24, 2.45) is 0 Å². The van der Waals surface area contributed by atoms with Crippen molar-refractivity contribution >= 4 is 5.82 Å². The third-order valence-corrected chi connectivity index (χ3v) is 2.50. The standard InChI is InChI=1S/C13H15N3/c1-14-13-12(15-9-10-16-13)8-7-11-5-3-2-4-6-11/h2-6,9-10H,7-8H2,1H3,(H,14,16). The van der Waals surface area contributed by atoms with E-state index in [1.807, 2.05) is 13.1 Å². The van der Waals surface area contributed by atoms with E-state index in [-0.39, 0.29) is 0 Å². The normalized spacial score (nSPS) is 10.1. The molecule has 1 N–H and O–H groups in total. The molecule has 0 saturated carbocycles. The molecule has 3 heteroatoms. The fraction of sp³-hybridized carbons (Fsp3) is 0.231. The highest BCUT2D eigenvalue weighted by Gasteiger charge is 2.02. The smallest absolute Gasteiger partial charge is 0.147 e. The molecule has 1 aromatic heterocycles. The average Bonchev–Trinajstić information content (AvgIpc) is 2.38. The zero-order valence-corrected chi connectivity index (χ0v) is 9.35. The lowest BCUT2D eigenvalue weighted by molar-refractivity contribution is 0.901. The molecule has 0 aliphatic heterocycles. The van der Waals surface area contributed by atoms with Crippen LogP contribution in [0.25, 0.3) is 0 Å². The summed E-state index contributed by atoms with van der Waals surface area (Å²) in [6.07, 6.45) is 5.35. The van der Waals surface area contributed by atoms with E-state index in [0.717, 1.165) is 24.4 Å². The highest BCUT2D eigenvalue weighted by Crippen LogP contribution is 2.11. The van der Waals surface area contributed by atoms with Crippen LogP contribution in [-0.2, 0) is 12.8 Å². The van der Waals surface area contributed by atoms with Crippen LogP contribution in [0.3, 0.4) is 0 Å². The van der Waals surface area contributed by atoms with Crippen LogP contribution in [-0.4, -0.2) is 17.0 Å². The first kappa shape index (κ1) is 10.6. The van der Waals surface area contributed by atoms with Crippen LogP contribution in [0, 0.1) is 0 Å². The van der Waals surface area contributed by atoms with Crippen LogP contribution in [0.2, 0.25) is 0 Å². The summed E-state index contributed by atoms with van der Waals surface area (Å²) in [6.45, 7) is 0. The van der Waals surface area contributed by atoms with Gasteiger partial charge in [-0.3, -0.25) is 4.98 Å². The minimum atomic E-state index is 0.874. The lowest BCUT2D eigenvalue weighted by atomic mass is 10.1.